The second-order valence-electron chi connectivity index (χ2n) is 43.5. The number of ketones is 8. The topological polar surface area (TPSA) is 321 Å². The number of fused-ring (bicyclic) bond motifs is 8. The quantitative estimate of drug-likeness (QED) is 0.0261. The largest absolute Gasteiger partial charge is 0.388 e. The third-order valence-corrected chi connectivity index (χ3v) is 34.3. The number of halogens is 4. The molecule has 5 aromatic carbocycles. The Morgan fingerprint density at radius 2 is 0.564 bits per heavy atom. The third kappa shape index (κ3) is 21.3. The SMILES string of the molecule is CC(C)(C(=O)Cc1ccc(C(=O)CO)cc1)C1C[C@H]2CC(c3ccnc4ccc(F)cc34)C[C@H]2C1.CC(C)(C(=O)Cc1ccc(C(=O)CO)cn1)C1C[C@H]2CC(c3ccnc4ccc(F)cc34)C[C@H]2C1.CC(C)(C(=O)Cc1ccc(C(=O)CO)nc1)C1C[C@H]2CC(c3ccnc4ccc(F)cc34)C[C@H]2C1.CC(C)(C(=O)Cc1ncc(C(=O)CO)cn1)C1C[C@H]2CC(c3ccnc4ccc(F)cc34)C[C@H]2C1. The molecule has 0 aliphatic heterocycles. The Bertz CT molecular complexity index is 5820. The molecule has 20 nitrogen and oxygen atoms in total. The first kappa shape index (κ1) is 99.6. The van der Waals surface area contributed by atoms with Crippen molar-refractivity contribution in [2.24, 2.45) is 92.7 Å². The van der Waals surface area contributed by atoms with Crippen LogP contribution in [0.15, 0.2) is 195 Å². The highest BCUT2D eigenvalue weighted by molar-refractivity contribution is 5.99. The van der Waals surface area contributed by atoms with E-state index in [1.54, 1.807) is 91.1 Å². The van der Waals surface area contributed by atoms with Gasteiger partial charge in [0.05, 0.1) is 34.1 Å². The van der Waals surface area contributed by atoms with Crippen LogP contribution < -0.4 is 0 Å². The molecule has 8 unspecified atom stereocenters. The van der Waals surface area contributed by atoms with Gasteiger partial charge in [-0.1, -0.05) is 85.7 Å². The Kier molecular flexibility index (Phi) is 29.7. The molecule has 728 valence electrons. The van der Waals surface area contributed by atoms with Gasteiger partial charge in [0, 0.05) is 129 Å². The minimum absolute atomic E-state index is 0.107. The molecule has 140 heavy (non-hydrogen) atoms. The van der Waals surface area contributed by atoms with E-state index in [2.05, 4.69) is 87.5 Å². The number of Topliss-reactive ketones (excluding diaryl/α,β-unsaturated/α-hetero) is 8. The van der Waals surface area contributed by atoms with Crippen LogP contribution in [-0.2, 0) is 44.9 Å². The van der Waals surface area contributed by atoms with Gasteiger partial charge < -0.3 is 20.4 Å². The summed E-state index contributed by atoms with van der Waals surface area (Å²) < 4.78 is 55.7. The summed E-state index contributed by atoms with van der Waals surface area (Å²) >= 11 is 0. The molecule has 20 rings (SSSR count). The van der Waals surface area contributed by atoms with Crippen molar-refractivity contribution in [2.75, 3.05) is 26.4 Å². The summed E-state index contributed by atoms with van der Waals surface area (Å²) in [7, 11) is 0. The van der Waals surface area contributed by atoms with Gasteiger partial charge in [-0.05, 0) is 346 Å². The predicted molar refractivity (Wildman–Crippen MR) is 526 cm³/mol. The molecule has 24 heteroatoms. The van der Waals surface area contributed by atoms with Crippen LogP contribution in [0.25, 0.3) is 43.6 Å². The molecule has 0 spiro atoms. The van der Waals surface area contributed by atoms with E-state index in [9.17, 15) is 55.9 Å². The first-order chi connectivity index (χ1) is 67.0. The molecule has 7 aromatic heterocycles. The third-order valence-electron chi connectivity index (χ3n) is 34.3. The van der Waals surface area contributed by atoms with Gasteiger partial charge >= 0.3 is 0 Å². The number of rotatable bonds is 28. The number of pyridine rings is 6. The van der Waals surface area contributed by atoms with E-state index < -0.39 is 59.7 Å². The van der Waals surface area contributed by atoms with Gasteiger partial charge in [0.2, 0.25) is 5.78 Å². The van der Waals surface area contributed by atoms with Crippen molar-refractivity contribution >= 4 is 89.9 Å². The summed E-state index contributed by atoms with van der Waals surface area (Å²) in [4.78, 5) is 134. The lowest BCUT2D eigenvalue weighted by Crippen LogP contribution is -2.34. The zero-order chi connectivity index (χ0) is 99.0. The molecule has 8 aliphatic rings. The standard InChI is InChI=1S/C30H32FNO3.2C29H31FN2O3.C28H30FN3O3/c1-30(2,29(35)11-18-3-5-19(6-4-18)28(34)17-33)23-14-20-12-22(13-21(20)15-23)25-9-10-32-27-8-7-24(31)16-26(25)27;1-29(2,28(35)14-23-5-3-17(15-32-23)27(34)16-33)21-11-18-9-20(10-19(18)12-21)24-7-8-31-26-6-4-22(30)13-25(24)26;1-29(2,28(35)9-17-3-5-26(32-15-17)27(34)16-33)21-12-18-10-20(11-19(18)13-21)23-7-8-31-25-6-4-22(30)14-24(23)25;1-28(2,26(35)12-27-31-13-19(14-32-27)25(34)15-33)20-9-16-7-18(8-17(16)10-20)22-5-6-30-24-4-3-21(29)11-23(22)24/h3-10,16,20-23,33H,11-15,17H2,1-2H3;3-8,13,15,18-21,33H,9-12,14,16H2,1-2H3;3-8,14-15,18-21,33H,9-13,16H2,1-2H3;3-6,11,13-14,16-18,20,33H,7-10,12,15H2,1-2H3/t20-,21+,22?,23?;2*18-,19+,20?,21?;16-,17+,18?,20?. The van der Waals surface area contributed by atoms with Crippen LogP contribution in [-0.4, -0.2) is 133 Å². The lowest BCUT2D eigenvalue weighted by molar-refractivity contribution is -0.130. The van der Waals surface area contributed by atoms with Gasteiger partial charge in [-0.2, -0.15) is 0 Å². The lowest BCUT2D eigenvalue weighted by Gasteiger charge is -2.31. The maximum atomic E-state index is 13.9. The van der Waals surface area contributed by atoms with E-state index in [-0.39, 0.29) is 88.5 Å². The average Bonchev–Trinajstić information content (AvgIpc) is 1.62. The van der Waals surface area contributed by atoms with Crippen molar-refractivity contribution in [1.29, 1.82) is 0 Å². The van der Waals surface area contributed by atoms with Crippen LogP contribution in [0.5, 0.6) is 0 Å². The summed E-state index contributed by atoms with van der Waals surface area (Å²) in [6.07, 6.45) is 30.9. The van der Waals surface area contributed by atoms with Gasteiger partial charge in [-0.25, -0.2) is 27.5 Å². The van der Waals surface area contributed by atoms with Crippen LogP contribution >= 0.6 is 0 Å². The fourth-order valence-corrected chi connectivity index (χ4v) is 25.5. The van der Waals surface area contributed by atoms with Crippen molar-refractivity contribution in [3.8, 4) is 0 Å². The van der Waals surface area contributed by atoms with Crippen LogP contribution in [0.2, 0.25) is 0 Å². The number of carbonyl (C=O) groups is 8. The van der Waals surface area contributed by atoms with Crippen LogP contribution in [0.3, 0.4) is 0 Å². The summed E-state index contributed by atoms with van der Waals surface area (Å²) in [5.41, 5.74) is 9.97. The van der Waals surface area contributed by atoms with Gasteiger partial charge in [-0.15, -0.1) is 0 Å². The summed E-state index contributed by atoms with van der Waals surface area (Å²) in [6.45, 7) is 14.2. The van der Waals surface area contributed by atoms with Gasteiger partial charge in [0.1, 0.15) is 84.3 Å². The van der Waals surface area contributed by atoms with Crippen LogP contribution in [0, 0.1) is 116 Å². The second-order valence-corrected chi connectivity index (χ2v) is 43.5. The lowest BCUT2D eigenvalue weighted by atomic mass is 9.71. The molecule has 0 bridgehead atoms. The Labute approximate surface area is 813 Å². The number of aromatic nitrogens is 8. The number of carbonyl (C=O) groups excluding carboxylic acids is 8. The normalized spacial score (nSPS) is 24.0. The first-order valence-electron chi connectivity index (χ1n) is 49.7. The van der Waals surface area contributed by atoms with Crippen molar-refractivity contribution in [1.82, 2.24) is 39.9 Å². The highest BCUT2D eigenvalue weighted by atomic mass is 19.1. The monoisotopic (exact) mass is 1900 g/mol. The Morgan fingerprint density at radius 3 is 0.871 bits per heavy atom. The number of benzene rings is 5. The van der Waals surface area contributed by atoms with Crippen LogP contribution in [0.4, 0.5) is 17.6 Å². The van der Waals surface area contributed by atoms with Crippen molar-refractivity contribution in [3.63, 3.8) is 0 Å². The Hall–Kier alpha value is -12.0. The van der Waals surface area contributed by atoms with E-state index in [0.29, 0.717) is 124 Å². The molecule has 4 N–H and O–H groups in total. The highest BCUT2D eigenvalue weighted by Gasteiger charge is 2.54. The summed E-state index contributed by atoms with van der Waals surface area (Å²) in [5, 5.41) is 39.6. The van der Waals surface area contributed by atoms with Gasteiger partial charge in [0.15, 0.2) is 17.3 Å². The fraction of sp³-hybridized carbons (Fsp3) is 0.448. The smallest absolute Gasteiger partial charge is 0.206 e. The molecule has 8 aliphatic carbocycles. The molecule has 16 atom stereocenters. The minimum Gasteiger partial charge on any atom is -0.388 e. The minimum atomic E-state index is -0.589. The molecular weight excluding hydrogens is 1770 g/mol. The molecule has 0 saturated heterocycles. The average molecular weight is 1900 g/mol. The maximum Gasteiger partial charge on any atom is 0.206 e. The molecule has 8 fully saturated rings. The van der Waals surface area contributed by atoms with E-state index >= 15 is 0 Å². The highest BCUT2D eigenvalue weighted by Crippen LogP contribution is 2.62. The number of aliphatic hydroxyl groups is 4. The second kappa shape index (κ2) is 41.7. The zero-order valence-electron chi connectivity index (χ0n) is 80.8. The first-order valence-corrected chi connectivity index (χ1v) is 49.7. The van der Waals surface area contributed by atoms with Crippen molar-refractivity contribution < 1.29 is 76.3 Å². The predicted octanol–water partition coefficient (Wildman–Crippen LogP) is 21.2. The molecule has 0 radical (unpaired) electrons. The van der Waals surface area contributed by atoms with E-state index in [0.717, 1.165) is 157 Å². The Balaban J connectivity index is 0.000000129. The van der Waals surface area contributed by atoms with Crippen molar-refractivity contribution in [3.05, 3.63) is 286 Å². The maximum absolute atomic E-state index is 13.9. The number of aliphatic hydroxyl groups excluding tert-OH is 4. The number of nitrogens with zero attached hydrogens (tertiary/aromatic N) is 8. The fourth-order valence-electron chi connectivity index (χ4n) is 25.5. The molecule has 0 amide bonds. The van der Waals surface area contributed by atoms with E-state index in [4.69, 9.17) is 20.4 Å². The van der Waals surface area contributed by atoms with Crippen molar-refractivity contribution in [2.45, 2.75) is 207 Å². The van der Waals surface area contributed by atoms with E-state index in [1.807, 2.05) is 69.0 Å². The summed E-state index contributed by atoms with van der Waals surface area (Å²) in [5.74, 6) is 6.20. The van der Waals surface area contributed by atoms with Crippen LogP contribution in [0.1, 0.15) is 268 Å². The van der Waals surface area contributed by atoms with Gasteiger partial charge in [0.25, 0.3) is 0 Å². The molecule has 12 aromatic rings. The Morgan fingerprint density at radius 1 is 0.279 bits per heavy atom. The molecule has 7 heterocycles. The van der Waals surface area contributed by atoms with Gasteiger partial charge in [-0.3, -0.25) is 68.3 Å². The van der Waals surface area contributed by atoms with E-state index in [1.165, 1.54) is 65.1 Å². The number of hydrogen-bond acceptors (Lipinski definition) is 20. The number of hydrogen-bond donors (Lipinski definition) is 4. The molecule has 8 saturated carbocycles. The summed E-state index contributed by atoms with van der Waals surface area (Å²) in [6, 6.07) is 41.1. The zero-order valence-corrected chi connectivity index (χ0v) is 80.8. The molecular formula is C116H124F4N8O12.